The molecule has 1 aliphatic heterocycles. The summed E-state index contributed by atoms with van der Waals surface area (Å²) < 4.78 is 5.27. The van der Waals surface area contributed by atoms with Crippen molar-refractivity contribution >= 4 is 5.91 Å². The molecule has 1 aromatic rings. The van der Waals surface area contributed by atoms with E-state index in [1.54, 1.807) is 0 Å². The van der Waals surface area contributed by atoms with Crippen LogP contribution >= 0.6 is 0 Å². The highest BCUT2D eigenvalue weighted by molar-refractivity contribution is 5.94. The van der Waals surface area contributed by atoms with E-state index in [1.165, 1.54) is 5.56 Å². The molecule has 1 heterocycles. The largest absolute Gasteiger partial charge is 0.381 e. The van der Waals surface area contributed by atoms with Gasteiger partial charge in [0, 0.05) is 24.8 Å². The summed E-state index contributed by atoms with van der Waals surface area (Å²) in [6.45, 7) is 3.59. The Morgan fingerprint density at radius 1 is 1.41 bits per heavy atom. The van der Waals surface area contributed by atoms with Crippen LogP contribution in [0.25, 0.3) is 0 Å². The normalized spacial score (nSPS) is 16.8. The maximum atomic E-state index is 12.0. The van der Waals surface area contributed by atoms with Crippen LogP contribution in [0, 0.1) is 0 Å². The van der Waals surface area contributed by atoms with Crippen molar-refractivity contribution in [3.05, 3.63) is 35.4 Å². The molecule has 1 amide bonds. The summed E-state index contributed by atoms with van der Waals surface area (Å²) in [5, 5.41) is 3.07. The molecule has 92 valence electrons. The van der Waals surface area contributed by atoms with Crippen LogP contribution in [0.4, 0.5) is 0 Å². The summed E-state index contributed by atoms with van der Waals surface area (Å²) in [7, 11) is 0. The number of carbonyl (C=O) groups excluding carboxylic acids is 1. The van der Waals surface area contributed by atoms with Crippen LogP contribution in [0.3, 0.4) is 0 Å². The van der Waals surface area contributed by atoms with Crippen LogP contribution in [0.1, 0.15) is 35.7 Å². The first-order valence-electron chi connectivity index (χ1n) is 6.27. The minimum atomic E-state index is 0.0344. The Bertz CT molecular complexity index is 384. The van der Waals surface area contributed by atoms with Crippen molar-refractivity contribution in [2.75, 3.05) is 13.2 Å². The lowest BCUT2D eigenvalue weighted by atomic mass is 10.1. The van der Waals surface area contributed by atoms with Crippen LogP contribution < -0.4 is 5.32 Å². The topological polar surface area (TPSA) is 38.3 Å². The van der Waals surface area contributed by atoms with Gasteiger partial charge in [0.25, 0.3) is 5.91 Å². The lowest BCUT2D eigenvalue weighted by Crippen LogP contribution is -2.38. The van der Waals surface area contributed by atoms with Crippen LogP contribution in [0.2, 0.25) is 0 Å². The minimum absolute atomic E-state index is 0.0344. The summed E-state index contributed by atoms with van der Waals surface area (Å²) in [5.74, 6) is 0.0344. The second-order valence-electron chi connectivity index (χ2n) is 4.41. The van der Waals surface area contributed by atoms with Crippen molar-refractivity contribution < 1.29 is 9.53 Å². The molecule has 0 radical (unpaired) electrons. The predicted molar refractivity (Wildman–Crippen MR) is 67.1 cm³/mol. The summed E-state index contributed by atoms with van der Waals surface area (Å²) in [6, 6.07) is 8.09. The van der Waals surface area contributed by atoms with Crippen molar-refractivity contribution in [1.29, 1.82) is 0 Å². The van der Waals surface area contributed by atoms with E-state index < -0.39 is 0 Å². The molecule has 0 aromatic heterocycles. The SMILES string of the molecule is CCc1cccc(C(=O)NC2CCOCC2)c1. The summed E-state index contributed by atoms with van der Waals surface area (Å²) >= 11 is 0. The van der Waals surface area contributed by atoms with Gasteiger partial charge in [-0.2, -0.15) is 0 Å². The number of aryl methyl sites for hydroxylation is 1. The van der Waals surface area contributed by atoms with E-state index in [0.717, 1.165) is 38.0 Å². The second-order valence-corrected chi connectivity index (χ2v) is 4.41. The van der Waals surface area contributed by atoms with Gasteiger partial charge < -0.3 is 10.1 Å². The number of ether oxygens (including phenoxy) is 1. The average Bonchev–Trinajstić information content (AvgIpc) is 2.40. The van der Waals surface area contributed by atoms with Crippen molar-refractivity contribution in [2.45, 2.75) is 32.2 Å². The Balaban J connectivity index is 1.98. The maximum Gasteiger partial charge on any atom is 0.251 e. The molecular weight excluding hydrogens is 214 g/mol. The molecule has 0 spiro atoms. The van der Waals surface area contributed by atoms with E-state index in [1.807, 2.05) is 24.3 Å². The number of amides is 1. The highest BCUT2D eigenvalue weighted by Gasteiger charge is 2.16. The third-order valence-corrected chi connectivity index (χ3v) is 3.15. The summed E-state index contributed by atoms with van der Waals surface area (Å²) in [4.78, 5) is 12.0. The van der Waals surface area contributed by atoms with Gasteiger partial charge in [0.1, 0.15) is 0 Å². The standard InChI is InChI=1S/C14H19NO2/c1-2-11-4-3-5-12(10-11)14(16)15-13-6-8-17-9-7-13/h3-5,10,13H,2,6-9H2,1H3,(H,15,16). The number of hydrogen-bond acceptors (Lipinski definition) is 2. The Kier molecular flexibility index (Phi) is 4.15. The Morgan fingerprint density at radius 2 is 2.18 bits per heavy atom. The van der Waals surface area contributed by atoms with Crippen LogP contribution in [0.15, 0.2) is 24.3 Å². The summed E-state index contributed by atoms with van der Waals surface area (Å²) in [5.41, 5.74) is 1.96. The lowest BCUT2D eigenvalue weighted by Gasteiger charge is -2.23. The molecule has 0 bridgehead atoms. The van der Waals surface area contributed by atoms with Gasteiger partial charge in [-0.1, -0.05) is 19.1 Å². The van der Waals surface area contributed by atoms with E-state index in [0.29, 0.717) is 0 Å². The molecule has 1 aliphatic rings. The lowest BCUT2D eigenvalue weighted by molar-refractivity contribution is 0.0696. The maximum absolute atomic E-state index is 12.0. The Hall–Kier alpha value is -1.35. The van der Waals surface area contributed by atoms with Gasteiger partial charge >= 0.3 is 0 Å². The molecule has 1 saturated heterocycles. The average molecular weight is 233 g/mol. The number of nitrogens with one attached hydrogen (secondary N) is 1. The zero-order valence-corrected chi connectivity index (χ0v) is 10.2. The van der Waals surface area contributed by atoms with Crippen LogP contribution in [0.5, 0.6) is 0 Å². The van der Waals surface area contributed by atoms with Gasteiger partial charge in [-0.3, -0.25) is 4.79 Å². The number of carbonyl (C=O) groups is 1. The van der Waals surface area contributed by atoms with Crippen molar-refractivity contribution in [2.24, 2.45) is 0 Å². The number of benzene rings is 1. The molecule has 0 saturated carbocycles. The van der Waals surface area contributed by atoms with Crippen LogP contribution in [-0.4, -0.2) is 25.2 Å². The van der Waals surface area contributed by atoms with Gasteiger partial charge in [-0.15, -0.1) is 0 Å². The highest BCUT2D eigenvalue weighted by atomic mass is 16.5. The fourth-order valence-corrected chi connectivity index (χ4v) is 2.04. The fourth-order valence-electron chi connectivity index (χ4n) is 2.04. The van der Waals surface area contributed by atoms with E-state index in [2.05, 4.69) is 12.2 Å². The predicted octanol–water partition coefficient (Wildman–Crippen LogP) is 2.16. The zero-order chi connectivity index (χ0) is 12.1. The van der Waals surface area contributed by atoms with Gasteiger partial charge in [-0.05, 0) is 37.0 Å². The van der Waals surface area contributed by atoms with Crippen molar-refractivity contribution in [3.63, 3.8) is 0 Å². The number of hydrogen-bond donors (Lipinski definition) is 1. The minimum Gasteiger partial charge on any atom is -0.381 e. The second kappa shape index (κ2) is 5.82. The molecule has 3 heteroatoms. The van der Waals surface area contributed by atoms with Gasteiger partial charge in [0.2, 0.25) is 0 Å². The van der Waals surface area contributed by atoms with E-state index in [9.17, 15) is 4.79 Å². The Morgan fingerprint density at radius 3 is 2.88 bits per heavy atom. The third-order valence-electron chi connectivity index (χ3n) is 3.15. The highest BCUT2D eigenvalue weighted by Crippen LogP contribution is 2.09. The fraction of sp³-hybridized carbons (Fsp3) is 0.500. The first kappa shape index (κ1) is 12.1. The van der Waals surface area contributed by atoms with Crippen LogP contribution in [-0.2, 0) is 11.2 Å². The zero-order valence-electron chi connectivity index (χ0n) is 10.2. The Labute approximate surface area is 102 Å². The van der Waals surface area contributed by atoms with E-state index in [-0.39, 0.29) is 11.9 Å². The third kappa shape index (κ3) is 3.30. The molecule has 1 N–H and O–H groups in total. The smallest absolute Gasteiger partial charge is 0.251 e. The molecule has 0 unspecified atom stereocenters. The van der Waals surface area contributed by atoms with E-state index in [4.69, 9.17) is 4.74 Å². The van der Waals surface area contributed by atoms with Gasteiger partial charge in [0.15, 0.2) is 0 Å². The molecule has 1 aromatic carbocycles. The summed E-state index contributed by atoms with van der Waals surface area (Å²) in [6.07, 6.45) is 2.79. The van der Waals surface area contributed by atoms with Gasteiger partial charge in [-0.25, -0.2) is 0 Å². The molecule has 1 fully saturated rings. The molecule has 3 nitrogen and oxygen atoms in total. The number of rotatable bonds is 3. The van der Waals surface area contributed by atoms with Crippen molar-refractivity contribution in [3.8, 4) is 0 Å². The van der Waals surface area contributed by atoms with Crippen molar-refractivity contribution in [1.82, 2.24) is 5.32 Å². The first-order valence-corrected chi connectivity index (χ1v) is 6.27. The molecule has 17 heavy (non-hydrogen) atoms. The van der Waals surface area contributed by atoms with E-state index >= 15 is 0 Å². The first-order chi connectivity index (χ1) is 8.29. The monoisotopic (exact) mass is 233 g/mol. The van der Waals surface area contributed by atoms with Gasteiger partial charge in [0.05, 0.1) is 0 Å². The quantitative estimate of drug-likeness (QED) is 0.868. The molecule has 2 rings (SSSR count). The molecule has 0 aliphatic carbocycles. The molecule has 0 atom stereocenters. The molecular formula is C14H19NO2.